The number of alkyl halides is 3. The topological polar surface area (TPSA) is 107 Å². The zero-order valence-corrected chi connectivity index (χ0v) is 17.4. The van der Waals surface area contributed by atoms with Gasteiger partial charge in [-0.3, -0.25) is 4.79 Å². The van der Waals surface area contributed by atoms with E-state index in [1.165, 1.54) is 12.1 Å². The molecule has 3 rings (SSSR count). The standard InChI is InChI=1S/C18H14BrF3N4O3S/c19-14-4-2-1-3-11(14)7-17(27)25-13-5-6-15(16(8-13)30(23,28)29)26-10-12(9-24-26)18(20,21)22/h1-6,8-10H,7H2,(H,25,27)(H2,23,28,29). The van der Waals surface area contributed by atoms with E-state index in [-0.39, 0.29) is 17.8 Å². The van der Waals surface area contributed by atoms with E-state index in [1.54, 1.807) is 24.3 Å². The van der Waals surface area contributed by atoms with E-state index in [9.17, 15) is 26.4 Å². The number of rotatable bonds is 5. The molecule has 2 aromatic carbocycles. The van der Waals surface area contributed by atoms with Crippen LogP contribution < -0.4 is 10.5 Å². The number of hydrogen-bond acceptors (Lipinski definition) is 4. The van der Waals surface area contributed by atoms with Crippen LogP contribution in [0.15, 0.2) is 64.2 Å². The van der Waals surface area contributed by atoms with Gasteiger partial charge in [0.15, 0.2) is 0 Å². The van der Waals surface area contributed by atoms with Crippen molar-refractivity contribution in [3.63, 3.8) is 0 Å². The van der Waals surface area contributed by atoms with Gasteiger partial charge in [-0.2, -0.15) is 18.3 Å². The average molecular weight is 503 g/mol. The molecular formula is C18H14BrF3N4O3S. The second kappa shape index (κ2) is 8.20. The van der Waals surface area contributed by atoms with Crippen LogP contribution in [0.2, 0.25) is 0 Å². The van der Waals surface area contributed by atoms with E-state index in [4.69, 9.17) is 5.14 Å². The third-order valence-corrected chi connectivity index (χ3v) is 5.73. The van der Waals surface area contributed by atoms with Gasteiger partial charge in [-0.25, -0.2) is 18.2 Å². The maximum absolute atomic E-state index is 12.8. The number of aromatic nitrogens is 2. The smallest absolute Gasteiger partial charge is 0.326 e. The summed E-state index contributed by atoms with van der Waals surface area (Å²) in [5.74, 6) is -0.423. The summed E-state index contributed by atoms with van der Waals surface area (Å²) in [5.41, 5.74) is -0.400. The first-order chi connectivity index (χ1) is 13.9. The molecule has 7 nitrogen and oxygen atoms in total. The number of carbonyl (C=O) groups excluding carboxylic acids is 1. The molecule has 0 saturated heterocycles. The lowest BCUT2D eigenvalue weighted by Gasteiger charge is -2.12. The highest BCUT2D eigenvalue weighted by Crippen LogP contribution is 2.30. The fourth-order valence-electron chi connectivity index (χ4n) is 2.63. The number of carbonyl (C=O) groups is 1. The Hall–Kier alpha value is -2.70. The van der Waals surface area contributed by atoms with Crippen molar-refractivity contribution in [3.8, 4) is 5.69 Å². The van der Waals surface area contributed by atoms with Gasteiger partial charge in [0.05, 0.1) is 23.9 Å². The summed E-state index contributed by atoms with van der Waals surface area (Å²) in [6.45, 7) is 0. The molecule has 0 aliphatic rings. The Morgan fingerprint density at radius 1 is 1.20 bits per heavy atom. The van der Waals surface area contributed by atoms with Crippen molar-refractivity contribution in [2.45, 2.75) is 17.5 Å². The number of nitrogens with one attached hydrogen (secondary N) is 1. The van der Waals surface area contributed by atoms with Crippen molar-refractivity contribution in [1.29, 1.82) is 0 Å². The number of sulfonamides is 1. The normalized spacial score (nSPS) is 12.0. The van der Waals surface area contributed by atoms with Crippen LogP contribution in [0.5, 0.6) is 0 Å². The molecule has 12 heteroatoms. The number of halogens is 4. The van der Waals surface area contributed by atoms with Gasteiger partial charge in [-0.1, -0.05) is 34.1 Å². The van der Waals surface area contributed by atoms with Gasteiger partial charge in [0.2, 0.25) is 15.9 Å². The predicted molar refractivity (Wildman–Crippen MR) is 106 cm³/mol. The minimum absolute atomic E-state index is 0.0159. The predicted octanol–water partition coefficient (Wildman–Crippen LogP) is 3.48. The van der Waals surface area contributed by atoms with Gasteiger partial charge in [-0.15, -0.1) is 0 Å². The molecule has 0 aliphatic heterocycles. The number of benzene rings is 2. The number of nitrogens with zero attached hydrogens (tertiary/aromatic N) is 2. The van der Waals surface area contributed by atoms with Crippen LogP contribution in [0.1, 0.15) is 11.1 Å². The van der Waals surface area contributed by atoms with Crippen molar-refractivity contribution >= 4 is 37.5 Å². The molecular weight excluding hydrogens is 489 g/mol. The highest BCUT2D eigenvalue weighted by molar-refractivity contribution is 9.10. The van der Waals surface area contributed by atoms with Gasteiger partial charge in [0, 0.05) is 16.4 Å². The van der Waals surface area contributed by atoms with Crippen LogP contribution in [-0.2, 0) is 27.4 Å². The minimum atomic E-state index is -4.64. The molecule has 0 fully saturated rings. The molecule has 0 spiro atoms. The third kappa shape index (κ3) is 5.07. The fraction of sp³-hybridized carbons (Fsp3) is 0.111. The van der Waals surface area contributed by atoms with E-state index in [1.807, 2.05) is 0 Å². The zero-order valence-electron chi connectivity index (χ0n) is 15.0. The first-order valence-electron chi connectivity index (χ1n) is 8.27. The van der Waals surface area contributed by atoms with Crippen LogP contribution in [0.25, 0.3) is 5.69 Å². The van der Waals surface area contributed by atoms with Crippen molar-refractivity contribution in [2.24, 2.45) is 5.14 Å². The van der Waals surface area contributed by atoms with Gasteiger partial charge in [0.1, 0.15) is 4.90 Å². The molecule has 3 aromatic rings. The molecule has 3 N–H and O–H groups in total. The monoisotopic (exact) mass is 502 g/mol. The lowest BCUT2D eigenvalue weighted by Crippen LogP contribution is -2.18. The van der Waals surface area contributed by atoms with E-state index in [2.05, 4.69) is 26.3 Å². The Kier molecular flexibility index (Phi) is 6.01. The maximum atomic E-state index is 12.8. The SMILES string of the molecule is NS(=O)(=O)c1cc(NC(=O)Cc2ccccc2Br)ccc1-n1cc(C(F)(F)F)cn1. The summed E-state index contributed by atoms with van der Waals surface area (Å²) in [4.78, 5) is 11.8. The van der Waals surface area contributed by atoms with E-state index in [0.717, 1.165) is 20.8 Å². The molecule has 0 unspecified atom stereocenters. The van der Waals surface area contributed by atoms with Crippen molar-refractivity contribution in [1.82, 2.24) is 9.78 Å². The molecule has 0 radical (unpaired) electrons. The molecule has 30 heavy (non-hydrogen) atoms. The first kappa shape index (κ1) is 22.0. The molecule has 0 bridgehead atoms. The Labute approximate surface area is 177 Å². The summed E-state index contributed by atoms with van der Waals surface area (Å²) in [6, 6.07) is 10.7. The summed E-state index contributed by atoms with van der Waals surface area (Å²) in [7, 11) is -4.33. The second-order valence-electron chi connectivity index (χ2n) is 6.22. The number of hydrogen-bond donors (Lipinski definition) is 2. The lowest BCUT2D eigenvalue weighted by atomic mass is 10.1. The molecule has 158 valence electrons. The molecule has 0 aliphatic carbocycles. The van der Waals surface area contributed by atoms with E-state index < -0.39 is 32.6 Å². The van der Waals surface area contributed by atoms with Gasteiger partial charge >= 0.3 is 6.18 Å². The molecule has 0 atom stereocenters. The molecule has 1 amide bonds. The average Bonchev–Trinajstić information content (AvgIpc) is 3.13. The molecule has 1 aromatic heterocycles. The Balaban J connectivity index is 1.91. The van der Waals surface area contributed by atoms with Crippen LogP contribution in [-0.4, -0.2) is 24.1 Å². The summed E-state index contributed by atoms with van der Waals surface area (Å²) < 4.78 is 64.0. The van der Waals surface area contributed by atoms with Crippen LogP contribution in [0.3, 0.4) is 0 Å². The molecule has 0 saturated carbocycles. The summed E-state index contributed by atoms with van der Waals surface area (Å²) >= 11 is 3.33. The van der Waals surface area contributed by atoms with Crippen molar-refractivity contribution in [2.75, 3.05) is 5.32 Å². The molecule has 1 heterocycles. The van der Waals surface area contributed by atoms with Crippen LogP contribution >= 0.6 is 15.9 Å². The highest BCUT2D eigenvalue weighted by atomic mass is 79.9. The van der Waals surface area contributed by atoms with Gasteiger partial charge in [0.25, 0.3) is 0 Å². The lowest BCUT2D eigenvalue weighted by molar-refractivity contribution is -0.137. The third-order valence-electron chi connectivity index (χ3n) is 4.02. The van der Waals surface area contributed by atoms with Crippen LogP contribution in [0.4, 0.5) is 18.9 Å². The van der Waals surface area contributed by atoms with Gasteiger partial charge < -0.3 is 5.32 Å². The zero-order chi connectivity index (χ0) is 22.1. The Morgan fingerprint density at radius 3 is 2.50 bits per heavy atom. The maximum Gasteiger partial charge on any atom is 0.419 e. The quantitative estimate of drug-likeness (QED) is 0.556. The number of amides is 1. The second-order valence-corrected chi connectivity index (χ2v) is 8.60. The summed E-state index contributed by atoms with van der Waals surface area (Å²) in [5, 5.41) is 11.3. The van der Waals surface area contributed by atoms with Crippen molar-refractivity contribution < 1.29 is 26.4 Å². The number of nitrogens with two attached hydrogens (primary N) is 1. The number of primary sulfonamides is 1. The van der Waals surface area contributed by atoms with E-state index >= 15 is 0 Å². The fourth-order valence-corrected chi connectivity index (χ4v) is 3.80. The number of anilines is 1. The minimum Gasteiger partial charge on any atom is -0.326 e. The van der Waals surface area contributed by atoms with E-state index in [0.29, 0.717) is 12.4 Å². The largest absolute Gasteiger partial charge is 0.419 e. The Bertz CT molecular complexity index is 1210. The summed E-state index contributed by atoms with van der Waals surface area (Å²) in [6.07, 6.45) is -3.41. The Morgan fingerprint density at radius 2 is 1.90 bits per heavy atom. The van der Waals surface area contributed by atoms with Crippen molar-refractivity contribution in [3.05, 3.63) is 70.5 Å². The first-order valence-corrected chi connectivity index (χ1v) is 10.6. The highest BCUT2D eigenvalue weighted by Gasteiger charge is 2.32. The van der Waals surface area contributed by atoms with Crippen LogP contribution in [0, 0.1) is 0 Å². The van der Waals surface area contributed by atoms with Gasteiger partial charge in [-0.05, 0) is 29.8 Å².